The van der Waals surface area contributed by atoms with Gasteiger partial charge in [0.2, 0.25) is 0 Å². The van der Waals surface area contributed by atoms with Crippen LogP contribution in [0.2, 0.25) is 0 Å². The number of benzene rings is 2. The number of rotatable bonds is 7. The zero-order valence-corrected chi connectivity index (χ0v) is 15.4. The van der Waals surface area contributed by atoms with E-state index in [0.717, 1.165) is 17.0 Å². The molecule has 0 bridgehead atoms. The van der Waals surface area contributed by atoms with E-state index in [9.17, 15) is 4.79 Å². The van der Waals surface area contributed by atoms with Crippen LogP contribution in [-0.4, -0.2) is 25.4 Å². The Hall–Kier alpha value is -3.78. The van der Waals surface area contributed by atoms with Gasteiger partial charge in [-0.3, -0.25) is 4.99 Å². The fourth-order valence-corrected chi connectivity index (χ4v) is 2.50. The van der Waals surface area contributed by atoms with Crippen LogP contribution in [0, 0.1) is 12.3 Å². The van der Waals surface area contributed by atoms with Crippen molar-refractivity contribution in [3.05, 3.63) is 72.0 Å². The van der Waals surface area contributed by atoms with Gasteiger partial charge in [-0.2, -0.15) is 0 Å². The molecule has 0 unspecified atom stereocenters. The number of hydrogen-bond acceptors (Lipinski definition) is 5. The molecule has 3 aromatic rings. The van der Waals surface area contributed by atoms with E-state index in [1.54, 1.807) is 24.4 Å². The fraction of sp³-hybridized carbons (Fsp3) is 0.130. The average Bonchev–Trinajstić information content (AvgIpc) is 3.21. The Balaban J connectivity index is 1.71. The van der Waals surface area contributed by atoms with Crippen LogP contribution < -0.4 is 4.74 Å². The molecule has 0 N–H and O–H groups in total. The summed E-state index contributed by atoms with van der Waals surface area (Å²) in [6.07, 6.45) is 6.75. The third kappa shape index (κ3) is 4.89. The molecule has 0 amide bonds. The Kier molecular flexibility index (Phi) is 6.27. The highest BCUT2D eigenvalue weighted by Gasteiger charge is 2.10. The smallest absolute Gasteiger partial charge is 0.339 e. The van der Waals surface area contributed by atoms with Crippen molar-refractivity contribution in [3.63, 3.8) is 0 Å². The third-order valence-corrected chi connectivity index (χ3v) is 3.78. The van der Waals surface area contributed by atoms with Crippen molar-refractivity contribution in [2.45, 2.75) is 6.92 Å². The van der Waals surface area contributed by atoms with Crippen LogP contribution in [0.15, 0.2) is 70.1 Å². The molecule has 5 heteroatoms. The SMILES string of the molecule is C#CCOC(=O)c1cccc(-c2ccc(C=Nc3ccc(OCC)cc3)o2)c1. The van der Waals surface area contributed by atoms with Crippen LogP contribution in [0.1, 0.15) is 23.0 Å². The Bertz CT molecular complexity index is 1010. The second kappa shape index (κ2) is 9.24. The van der Waals surface area contributed by atoms with Crippen molar-refractivity contribution < 1.29 is 18.7 Å². The molecule has 0 radical (unpaired) electrons. The molecule has 1 heterocycles. The van der Waals surface area contributed by atoms with Gasteiger partial charge in [-0.1, -0.05) is 18.1 Å². The van der Waals surface area contributed by atoms with Crippen molar-refractivity contribution in [2.24, 2.45) is 4.99 Å². The maximum absolute atomic E-state index is 11.9. The van der Waals surface area contributed by atoms with Gasteiger partial charge >= 0.3 is 5.97 Å². The van der Waals surface area contributed by atoms with E-state index in [-0.39, 0.29) is 6.61 Å². The number of esters is 1. The summed E-state index contributed by atoms with van der Waals surface area (Å²) in [7, 11) is 0. The lowest BCUT2D eigenvalue weighted by atomic mass is 10.1. The third-order valence-electron chi connectivity index (χ3n) is 3.78. The van der Waals surface area contributed by atoms with Gasteiger partial charge in [0.15, 0.2) is 6.61 Å². The number of hydrogen-bond donors (Lipinski definition) is 0. The highest BCUT2D eigenvalue weighted by atomic mass is 16.5. The molecular formula is C23H19NO4. The first-order chi connectivity index (χ1) is 13.7. The Morgan fingerprint density at radius 3 is 2.75 bits per heavy atom. The van der Waals surface area contributed by atoms with Crippen LogP contribution in [0.3, 0.4) is 0 Å². The molecule has 0 saturated carbocycles. The first-order valence-electron chi connectivity index (χ1n) is 8.77. The molecule has 2 aromatic carbocycles. The van der Waals surface area contributed by atoms with Gasteiger partial charge in [0.05, 0.1) is 24.1 Å². The van der Waals surface area contributed by atoms with E-state index >= 15 is 0 Å². The Morgan fingerprint density at radius 2 is 2.00 bits per heavy atom. The topological polar surface area (TPSA) is 61.0 Å². The molecule has 0 aliphatic heterocycles. The van der Waals surface area contributed by atoms with E-state index < -0.39 is 5.97 Å². The second-order valence-electron chi connectivity index (χ2n) is 5.75. The Labute approximate surface area is 163 Å². The van der Waals surface area contributed by atoms with Crippen molar-refractivity contribution in [3.8, 4) is 29.4 Å². The van der Waals surface area contributed by atoms with Gasteiger partial charge < -0.3 is 13.9 Å². The summed E-state index contributed by atoms with van der Waals surface area (Å²) in [6.45, 7) is 2.51. The highest BCUT2D eigenvalue weighted by Crippen LogP contribution is 2.24. The second-order valence-corrected chi connectivity index (χ2v) is 5.75. The van der Waals surface area contributed by atoms with Crippen molar-refractivity contribution in [2.75, 3.05) is 13.2 Å². The molecule has 3 rings (SSSR count). The summed E-state index contributed by atoms with van der Waals surface area (Å²) >= 11 is 0. The zero-order chi connectivity index (χ0) is 19.8. The normalized spacial score (nSPS) is 10.6. The number of nitrogens with zero attached hydrogens (tertiary/aromatic N) is 1. The van der Waals surface area contributed by atoms with Crippen molar-refractivity contribution in [1.29, 1.82) is 0 Å². The quantitative estimate of drug-likeness (QED) is 0.336. The fourth-order valence-electron chi connectivity index (χ4n) is 2.50. The highest BCUT2D eigenvalue weighted by molar-refractivity contribution is 5.91. The number of carbonyl (C=O) groups is 1. The van der Waals surface area contributed by atoms with Crippen LogP contribution in [0.25, 0.3) is 11.3 Å². The minimum atomic E-state index is -0.469. The number of ether oxygens (including phenoxy) is 2. The summed E-state index contributed by atoms with van der Waals surface area (Å²) < 4.78 is 16.2. The lowest BCUT2D eigenvalue weighted by Crippen LogP contribution is -2.05. The lowest BCUT2D eigenvalue weighted by Gasteiger charge is -2.03. The van der Waals surface area contributed by atoms with Gasteiger partial charge in [0.1, 0.15) is 17.3 Å². The number of terminal acetylenes is 1. The van der Waals surface area contributed by atoms with Gasteiger partial charge in [0.25, 0.3) is 0 Å². The minimum absolute atomic E-state index is 0.0595. The first-order valence-corrected chi connectivity index (χ1v) is 8.77. The number of carbonyl (C=O) groups excluding carboxylic acids is 1. The maximum Gasteiger partial charge on any atom is 0.339 e. The molecule has 0 spiro atoms. The van der Waals surface area contributed by atoms with Gasteiger partial charge in [-0.15, -0.1) is 6.42 Å². The van der Waals surface area contributed by atoms with Crippen LogP contribution in [-0.2, 0) is 4.74 Å². The van der Waals surface area contributed by atoms with Crippen LogP contribution in [0.4, 0.5) is 5.69 Å². The van der Waals surface area contributed by atoms with Gasteiger partial charge in [-0.25, -0.2) is 4.79 Å². The molecule has 28 heavy (non-hydrogen) atoms. The van der Waals surface area contributed by atoms with Crippen molar-refractivity contribution >= 4 is 17.9 Å². The summed E-state index contributed by atoms with van der Waals surface area (Å²) in [6, 6.07) is 18.1. The summed E-state index contributed by atoms with van der Waals surface area (Å²) in [5, 5.41) is 0. The predicted molar refractivity (Wildman–Crippen MR) is 108 cm³/mol. The predicted octanol–water partition coefficient (Wildman–Crippen LogP) is 4.89. The van der Waals surface area contributed by atoms with E-state index in [0.29, 0.717) is 23.7 Å². The summed E-state index contributed by atoms with van der Waals surface area (Å²) in [5.74, 6) is 3.84. The van der Waals surface area contributed by atoms with E-state index in [1.807, 2.05) is 49.4 Å². The standard InChI is InChI=1S/C23H19NO4/c1-3-14-27-23(25)18-7-5-6-17(15-18)22-13-12-21(28-22)16-24-19-8-10-20(11-9-19)26-4-2/h1,5-13,15-16H,4,14H2,2H3. The van der Waals surface area contributed by atoms with Gasteiger partial charge in [0, 0.05) is 5.56 Å². The molecule has 0 saturated heterocycles. The number of aliphatic imine (C=N–C) groups is 1. The summed E-state index contributed by atoms with van der Waals surface area (Å²) in [4.78, 5) is 16.3. The molecule has 140 valence electrons. The van der Waals surface area contributed by atoms with E-state index in [2.05, 4.69) is 10.9 Å². The van der Waals surface area contributed by atoms with E-state index in [1.165, 1.54) is 0 Å². The molecule has 0 atom stereocenters. The van der Waals surface area contributed by atoms with Crippen molar-refractivity contribution in [1.82, 2.24) is 0 Å². The minimum Gasteiger partial charge on any atom is -0.494 e. The average molecular weight is 373 g/mol. The number of furan rings is 1. The lowest BCUT2D eigenvalue weighted by molar-refractivity contribution is 0.0557. The molecule has 0 aliphatic carbocycles. The molecule has 0 aliphatic rings. The van der Waals surface area contributed by atoms with Crippen LogP contribution in [0.5, 0.6) is 5.75 Å². The maximum atomic E-state index is 11.9. The first kappa shape index (κ1) is 19.0. The largest absolute Gasteiger partial charge is 0.494 e. The van der Waals surface area contributed by atoms with E-state index in [4.69, 9.17) is 20.3 Å². The van der Waals surface area contributed by atoms with Crippen LogP contribution >= 0.6 is 0 Å². The molecule has 1 aromatic heterocycles. The van der Waals surface area contributed by atoms with Gasteiger partial charge in [-0.05, 0) is 55.5 Å². The monoisotopic (exact) mass is 373 g/mol. The molecule has 5 nitrogen and oxygen atoms in total. The Morgan fingerprint density at radius 1 is 1.18 bits per heavy atom. The molecular weight excluding hydrogens is 354 g/mol. The molecule has 0 fully saturated rings. The zero-order valence-electron chi connectivity index (χ0n) is 15.4. The summed E-state index contributed by atoms with van der Waals surface area (Å²) in [5.41, 5.74) is 1.96.